The van der Waals surface area contributed by atoms with Crippen LogP contribution in [0.25, 0.3) is 10.2 Å². The predicted octanol–water partition coefficient (Wildman–Crippen LogP) is 5.06. The highest BCUT2D eigenvalue weighted by Gasteiger charge is 2.33. The Hall–Kier alpha value is -2.67. The lowest BCUT2D eigenvalue weighted by Crippen LogP contribution is -2.55. The molecular weight excluding hydrogens is 579 g/mol. The molecule has 1 aliphatic heterocycles. The average Bonchev–Trinajstić information content (AvgIpc) is 3.29. The fourth-order valence-electron chi connectivity index (χ4n) is 3.73. The second kappa shape index (κ2) is 10.6. The number of amides is 1. The van der Waals surface area contributed by atoms with E-state index in [0.29, 0.717) is 40.7 Å². The molecule has 0 spiro atoms. The van der Waals surface area contributed by atoms with Crippen LogP contribution in [0.2, 0.25) is 5.02 Å². The summed E-state index contributed by atoms with van der Waals surface area (Å²) in [6, 6.07) is 14.6. The number of nitrogens with zero attached hydrogens (tertiary/aromatic N) is 3. The van der Waals surface area contributed by atoms with Gasteiger partial charge in [-0.05, 0) is 48.5 Å². The van der Waals surface area contributed by atoms with Crippen LogP contribution in [0, 0.1) is 0 Å². The zero-order valence-electron chi connectivity index (χ0n) is 18.9. The molecule has 0 saturated carbocycles. The molecule has 3 heterocycles. The Bertz CT molecular complexity index is 1570. The minimum atomic E-state index is -3.89. The van der Waals surface area contributed by atoms with Crippen molar-refractivity contribution in [1.82, 2.24) is 20.2 Å². The number of hydrogen-bond donors (Lipinski definition) is 3. The number of fused-ring (bicyclic) bond motifs is 1. The maximum Gasteiger partial charge on any atom is 0.263 e. The van der Waals surface area contributed by atoms with Gasteiger partial charge in [0.25, 0.3) is 15.9 Å². The molecule has 0 bridgehead atoms. The van der Waals surface area contributed by atoms with E-state index in [-0.39, 0.29) is 15.9 Å². The van der Waals surface area contributed by atoms with Crippen molar-refractivity contribution < 1.29 is 13.2 Å². The molecule has 1 aliphatic rings. The van der Waals surface area contributed by atoms with Crippen LogP contribution in [0.15, 0.2) is 65.7 Å². The molecule has 2 aromatic heterocycles. The molecule has 14 heteroatoms. The smallest absolute Gasteiger partial charge is 0.263 e. The van der Waals surface area contributed by atoms with Crippen LogP contribution in [-0.2, 0) is 10.0 Å². The first-order valence-corrected chi connectivity index (χ1v) is 14.5. The number of thiazole rings is 1. The Labute approximate surface area is 231 Å². The number of halogens is 3. The molecule has 9 nitrogen and oxygen atoms in total. The van der Waals surface area contributed by atoms with E-state index < -0.39 is 21.0 Å². The van der Waals surface area contributed by atoms with Crippen molar-refractivity contribution in [2.75, 3.05) is 23.1 Å². The normalized spacial score (nSPS) is 18.1. The number of piperazine rings is 1. The topological polar surface area (TPSA) is 116 Å². The first-order chi connectivity index (χ1) is 17.7. The number of benzene rings is 2. The Morgan fingerprint density at radius 1 is 1.11 bits per heavy atom. The number of rotatable bonds is 6. The number of sulfonamides is 1. The number of nitrogens with one attached hydrogen (secondary N) is 3. The zero-order valence-corrected chi connectivity index (χ0v) is 22.8. The monoisotopic (exact) mass is 596 g/mol. The van der Waals surface area contributed by atoms with Gasteiger partial charge >= 0.3 is 0 Å². The van der Waals surface area contributed by atoms with Gasteiger partial charge in [-0.1, -0.05) is 40.6 Å². The molecular formula is C23H19Cl3N6O3S2. The predicted molar refractivity (Wildman–Crippen MR) is 148 cm³/mol. The largest absolute Gasteiger partial charge is 0.340 e. The van der Waals surface area contributed by atoms with E-state index in [1.54, 1.807) is 42.6 Å². The summed E-state index contributed by atoms with van der Waals surface area (Å²) < 4.78 is 29.1. The van der Waals surface area contributed by atoms with E-state index >= 15 is 0 Å². The summed E-state index contributed by atoms with van der Waals surface area (Å²) in [7, 11) is -3.89. The second-order valence-corrected chi connectivity index (χ2v) is 12.0. The fraction of sp³-hybridized carbons (Fsp3) is 0.174. The summed E-state index contributed by atoms with van der Waals surface area (Å²) >= 11 is 19.8. The van der Waals surface area contributed by atoms with Crippen molar-refractivity contribution in [2.45, 2.75) is 15.9 Å². The van der Waals surface area contributed by atoms with Gasteiger partial charge in [0.1, 0.15) is 22.3 Å². The summed E-state index contributed by atoms with van der Waals surface area (Å²) in [5, 5.41) is 6.75. The van der Waals surface area contributed by atoms with Crippen LogP contribution in [-0.4, -0.2) is 53.3 Å². The molecule has 1 saturated heterocycles. The van der Waals surface area contributed by atoms with Gasteiger partial charge in [-0.25, -0.2) is 18.4 Å². The molecule has 37 heavy (non-hydrogen) atoms. The zero-order chi connectivity index (χ0) is 26.2. The number of aromatic nitrogens is 2. The fourth-order valence-corrected chi connectivity index (χ4v) is 6.65. The molecule has 2 aromatic carbocycles. The summed E-state index contributed by atoms with van der Waals surface area (Å²) in [5.74, 6) is -0.0109. The molecule has 2 atom stereocenters. The van der Waals surface area contributed by atoms with Crippen molar-refractivity contribution in [1.29, 1.82) is 0 Å². The first-order valence-electron chi connectivity index (χ1n) is 11.0. The number of anilines is 3. The average molecular weight is 598 g/mol. The molecule has 1 fully saturated rings. The van der Waals surface area contributed by atoms with Crippen LogP contribution in [0.5, 0.6) is 0 Å². The molecule has 1 amide bonds. The van der Waals surface area contributed by atoms with Crippen LogP contribution in [0.4, 0.5) is 16.6 Å². The lowest BCUT2D eigenvalue weighted by Gasteiger charge is -2.35. The molecule has 2 unspecified atom stereocenters. The van der Waals surface area contributed by atoms with Gasteiger partial charge in [0, 0.05) is 25.0 Å². The third kappa shape index (κ3) is 5.47. The van der Waals surface area contributed by atoms with Crippen LogP contribution in [0.3, 0.4) is 0 Å². The van der Waals surface area contributed by atoms with Crippen molar-refractivity contribution in [3.8, 4) is 0 Å². The van der Waals surface area contributed by atoms with E-state index in [0.717, 1.165) is 4.70 Å². The first kappa shape index (κ1) is 26.0. The third-order valence-corrected chi connectivity index (χ3v) is 9.28. The minimum Gasteiger partial charge on any atom is -0.340 e. The van der Waals surface area contributed by atoms with Crippen molar-refractivity contribution in [2.24, 2.45) is 0 Å². The third-order valence-electron chi connectivity index (χ3n) is 5.55. The SMILES string of the molecule is O=C(c1cccnc1Nc1ccc(S(=O)(=O)Nc2nc3c(Cl)cccc3s2)cc1)N1CCNC(Cl)C1Cl. The Morgan fingerprint density at radius 2 is 1.89 bits per heavy atom. The van der Waals surface area contributed by atoms with Crippen molar-refractivity contribution in [3.05, 3.63) is 71.4 Å². The van der Waals surface area contributed by atoms with Crippen LogP contribution >= 0.6 is 46.1 Å². The standard InChI is InChI=1S/C23H19Cl3N6O3S2/c24-16-4-1-5-17-18(16)30-23(36-17)31-37(34,35)14-8-6-13(7-9-14)29-21-15(3-2-10-28-21)22(33)32-12-11-27-19(25)20(32)26/h1-10,19-20,27H,11-12H2,(H,28,29)(H,30,31). The molecule has 4 aromatic rings. The van der Waals surface area contributed by atoms with E-state index in [2.05, 4.69) is 25.3 Å². The van der Waals surface area contributed by atoms with Crippen molar-refractivity contribution in [3.63, 3.8) is 0 Å². The molecule has 0 aliphatic carbocycles. The summed E-state index contributed by atoms with van der Waals surface area (Å²) in [5.41, 5.74) is 0.0907. The molecule has 192 valence electrons. The van der Waals surface area contributed by atoms with Crippen LogP contribution in [0.1, 0.15) is 10.4 Å². The van der Waals surface area contributed by atoms with Gasteiger partial charge in [-0.15, -0.1) is 11.6 Å². The van der Waals surface area contributed by atoms with E-state index in [1.807, 2.05) is 6.07 Å². The highest BCUT2D eigenvalue weighted by atomic mass is 35.5. The van der Waals surface area contributed by atoms with Gasteiger partial charge in [0.2, 0.25) is 0 Å². The summed E-state index contributed by atoms with van der Waals surface area (Å²) in [6.07, 6.45) is 1.55. The van der Waals surface area contributed by atoms with Gasteiger partial charge in [0.05, 0.1) is 20.2 Å². The summed E-state index contributed by atoms with van der Waals surface area (Å²) in [6.45, 7) is 0.908. The Morgan fingerprint density at radius 3 is 2.65 bits per heavy atom. The van der Waals surface area contributed by atoms with Gasteiger partial charge in [-0.3, -0.25) is 14.8 Å². The highest BCUT2D eigenvalue weighted by molar-refractivity contribution is 7.93. The number of alkyl halides is 2. The maximum absolute atomic E-state index is 13.2. The van der Waals surface area contributed by atoms with E-state index in [1.165, 1.54) is 28.4 Å². The maximum atomic E-state index is 13.2. The number of carbonyl (C=O) groups excluding carboxylic acids is 1. The lowest BCUT2D eigenvalue weighted by molar-refractivity contribution is 0.0694. The summed E-state index contributed by atoms with van der Waals surface area (Å²) in [4.78, 5) is 23.3. The second-order valence-electron chi connectivity index (χ2n) is 7.99. The van der Waals surface area contributed by atoms with Gasteiger partial charge < -0.3 is 10.2 Å². The number of hydrogen-bond acceptors (Lipinski definition) is 8. The quantitative estimate of drug-likeness (QED) is 0.210. The number of carbonyl (C=O) groups is 1. The lowest BCUT2D eigenvalue weighted by atomic mass is 10.2. The Balaban J connectivity index is 1.33. The molecule has 5 rings (SSSR count). The van der Waals surface area contributed by atoms with Gasteiger partial charge in [-0.2, -0.15) is 0 Å². The molecule has 0 radical (unpaired) electrons. The number of pyridine rings is 1. The van der Waals surface area contributed by atoms with E-state index in [9.17, 15) is 13.2 Å². The highest BCUT2D eigenvalue weighted by Crippen LogP contribution is 2.32. The van der Waals surface area contributed by atoms with Gasteiger partial charge in [0.15, 0.2) is 5.13 Å². The molecule has 3 N–H and O–H groups in total. The van der Waals surface area contributed by atoms with Crippen LogP contribution < -0.4 is 15.4 Å². The minimum absolute atomic E-state index is 0.0414. The number of para-hydroxylation sites is 1. The Kier molecular flexibility index (Phi) is 7.44. The van der Waals surface area contributed by atoms with Crippen molar-refractivity contribution >= 4 is 88.9 Å². The van der Waals surface area contributed by atoms with E-state index in [4.69, 9.17) is 34.8 Å².